The van der Waals surface area contributed by atoms with Crippen LogP contribution in [0, 0.1) is 5.92 Å². The summed E-state index contributed by atoms with van der Waals surface area (Å²) in [4.78, 5) is 2.45. The first-order valence-electron chi connectivity index (χ1n) is 7.70. The molecule has 0 bridgehead atoms. The van der Waals surface area contributed by atoms with Crippen LogP contribution in [0.5, 0.6) is 5.75 Å². The Hall–Kier alpha value is -1.06. The van der Waals surface area contributed by atoms with Crippen molar-refractivity contribution in [3.8, 4) is 5.75 Å². The molecule has 0 radical (unpaired) electrons. The maximum atomic E-state index is 6.43. The molecular weight excluding hydrogens is 248 g/mol. The molecule has 1 aliphatic rings. The van der Waals surface area contributed by atoms with E-state index in [1.165, 1.54) is 18.4 Å². The van der Waals surface area contributed by atoms with Crippen molar-refractivity contribution in [3.63, 3.8) is 0 Å². The van der Waals surface area contributed by atoms with E-state index in [-0.39, 0.29) is 12.1 Å². The minimum absolute atomic E-state index is 0.123. The third-order valence-corrected chi connectivity index (χ3v) is 4.72. The largest absolute Gasteiger partial charge is 0.496 e. The van der Waals surface area contributed by atoms with Crippen LogP contribution in [-0.4, -0.2) is 31.1 Å². The van der Waals surface area contributed by atoms with E-state index in [0.29, 0.717) is 6.04 Å². The molecule has 112 valence electrons. The Balaban J connectivity index is 2.31. The van der Waals surface area contributed by atoms with Crippen LogP contribution < -0.4 is 10.5 Å². The summed E-state index contributed by atoms with van der Waals surface area (Å²) in [6.45, 7) is 4.48. The minimum atomic E-state index is 0.123. The van der Waals surface area contributed by atoms with E-state index in [2.05, 4.69) is 37.9 Å². The Kier molecular flexibility index (Phi) is 5.06. The van der Waals surface area contributed by atoms with Gasteiger partial charge in [0.15, 0.2) is 0 Å². The molecular formula is C17H28N2O. The average Bonchev–Trinajstić information content (AvgIpc) is 3.31. The highest BCUT2D eigenvalue weighted by Crippen LogP contribution is 2.40. The highest BCUT2D eigenvalue weighted by Gasteiger charge is 2.36. The highest BCUT2D eigenvalue weighted by molar-refractivity contribution is 5.37. The highest BCUT2D eigenvalue weighted by atomic mass is 16.5. The van der Waals surface area contributed by atoms with Crippen LogP contribution in [0.15, 0.2) is 24.3 Å². The van der Waals surface area contributed by atoms with Gasteiger partial charge in [-0.15, -0.1) is 0 Å². The van der Waals surface area contributed by atoms with Gasteiger partial charge in [0.05, 0.1) is 13.2 Å². The number of hydrogen-bond acceptors (Lipinski definition) is 3. The first-order valence-corrected chi connectivity index (χ1v) is 7.70. The summed E-state index contributed by atoms with van der Waals surface area (Å²) in [6.07, 6.45) is 3.67. The molecule has 1 aromatic carbocycles. The Morgan fingerprint density at radius 2 is 2.00 bits per heavy atom. The predicted octanol–water partition coefficient (Wildman–Crippen LogP) is 3.20. The quantitative estimate of drug-likeness (QED) is 0.831. The molecule has 20 heavy (non-hydrogen) atoms. The zero-order chi connectivity index (χ0) is 14.7. The lowest BCUT2D eigenvalue weighted by atomic mass is 9.94. The number of likely N-dealkylation sites (N-methyl/N-ethyl adjacent to an activating group) is 1. The number of para-hydroxylation sites is 1. The summed E-state index contributed by atoms with van der Waals surface area (Å²) in [6, 6.07) is 9.17. The molecule has 0 saturated heterocycles. The maximum Gasteiger partial charge on any atom is 0.123 e. The average molecular weight is 276 g/mol. The van der Waals surface area contributed by atoms with Crippen molar-refractivity contribution in [3.05, 3.63) is 29.8 Å². The van der Waals surface area contributed by atoms with Gasteiger partial charge in [0.1, 0.15) is 5.75 Å². The summed E-state index contributed by atoms with van der Waals surface area (Å²) >= 11 is 0. The Labute approximate surface area is 123 Å². The van der Waals surface area contributed by atoms with Crippen molar-refractivity contribution in [2.24, 2.45) is 11.7 Å². The van der Waals surface area contributed by atoms with Crippen LogP contribution >= 0.6 is 0 Å². The number of nitrogens with two attached hydrogens (primary N) is 1. The van der Waals surface area contributed by atoms with Gasteiger partial charge in [0, 0.05) is 17.6 Å². The zero-order valence-electron chi connectivity index (χ0n) is 13.2. The lowest BCUT2D eigenvalue weighted by Crippen LogP contribution is -2.43. The number of hydrogen-bond donors (Lipinski definition) is 1. The van der Waals surface area contributed by atoms with Gasteiger partial charge in [-0.25, -0.2) is 0 Å². The van der Waals surface area contributed by atoms with E-state index in [1.54, 1.807) is 7.11 Å². The molecule has 0 aromatic heterocycles. The third-order valence-electron chi connectivity index (χ3n) is 4.72. The van der Waals surface area contributed by atoms with Crippen LogP contribution in [0.2, 0.25) is 0 Å². The van der Waals surface area contributed by atoms with Crippen molar-refractivity contribution in [2.45, 2.75) is 51.2 Å². The van der Waals surface area contributed by atoms with E-state index in [1.807, 2.05) is 12.1 Å². The van der Waals surface area contributed by atoms with E-state index >= 15 is 0 Å². The smallest absolute Gasteiger partial charge is 0.123 e. The van der Waals surface area contributed by atoms with E-state index in [9.17, 15) is 0 Å². The fourth-order valence-corrected chi connectivity index (χ4v) is 3.05. The maximum absolute atomic E-state index is 6.43. The van der Waals surface area contributed by atoms with Crippen LogP contribution in [0.3, 0.4) is 0 Å². The number of rotatable bonds is 7. The van der Waals surface area contributed by atoms with Gasteiger partial charge in [-0.05, 0) is 45.2 Å². The molecule has 2 N–H and O–H groups in total. The van der Waals surface area contributed by atoms with Gasteiger partial charge in [-0.3, -0.25) is 4.90 Å². The monoisotopic (exact) mass is 276 g/mol. The van der Waals surface area contributed by atoms with Crippen LogP contribution in [-0.2, 0) is 0 Å². The summed E-state index contributed by atoms with van der Waals surface area (Å²) in [5, 5.41) is 0. The van der Waals surface area contributed by atoms with Crippen molar-refractivity contribution in [1.82, 2.24) is 4.90 Å². The molecule has 3 atom stereocenters. The van der Waals surface area contributed by atoms with Gasteiger partial charge in [-0.2, -0.15) is 0 Å². The molecule has 1 saturated carbocycles. The van der Waals surface area contributed by atoms with Gasteiger partial charge in [0.25, 0.3) is 0 Å². The summed E-state index contributed by atoms with van der Waals surface area (Å²) < 4.78 is 5.54. The second-order valence-electron chi connectivity index (χ2n) is 6.00. The number of nitrogens with zero attached hydrogens (tertiary/aromatic N) is 1. The summed E-state index contributed by atoms with van der Waals surface area (Å²) in [5.74, 6) is 1.78. The third kappa shape index (κ3) is 3.15. The number of ether oxygens (including phenoxy) is 1. The minimum Gasteiger partial charge on any atom is -0.496 e. The van der Waals surface area contributed by atoms with Gasteiger partial charge in [0.2, 0.25) is 0 Å². The molecule has 1 aromatic rings. The van der Waals surface area contributed by atoms with Crippen molar-refractivity contribution < 1.29 is 4.74 Å². The normalized spacial score (nSPS) is 19.7. The Bertz CT molecular complexity index is 431. The van der Waals surface area contributed by atoms with Gasteiger partial charge >= 0.3 is 0 Å². The van der Waals surface area contributed by atoms with Crippen LogP contribution in [0.25, 0.3) is 0 Å². The molecule has 0 amide bonds. The van der Waals surface area contributed by atoms with Crippen molar-refractivity contribution in [1.29, 1.82) is 0 Å². The second kappa shape index (κ2) is 6.59. The van der Waals surface area contributed by atoms with E-state index in [4.69, 9.17) is 10.5 Å². The Morgan fingerprint density at radius 1 is 1.35 bits per heavy atom. The Morgan fingerprint density at radius 3 is 2.55 bits per heavy atom. The molecule has 1 fully saturated rings. The predicted molar refractivity (Wildman–Crippen MR) is 84.0 cm³/mol. The molecule has 3 nitrogen and oxygen atoms in total. The molecule has 0 spiro atoms. The van der Waals surface area contributed by atoms with Gasteiger partial charge < -0.3 is 10.5 Å². The lowest BCUT2D eigenvalue weighted by molar-refractivity contribution is 0.141. The number of methoxy groups -OCH3 is 1. The first-order chi connectivity index (χ1) is 9.60. The molecule has 1 aliphatic carbocycles. The zero-order valence-corrected chi connectivity index (χ0v) is 13.2. The molecule has 3 unspecified atom stereocenters. The topological polar surface area (TPSA) is 38.5 Å². The molecule has 2 rings (SSSR count). The van der Waals surface area contributed by atoms with Crippen LogP contribution in [0.1, 0.15) is 44.7 Å². The first kappa shape index (κ1) is 15.3. The SMILES string of the molecule is CCC(N)C(c1ccccc1OC)N(C)C(C)C1CC1. The van der Waals surface area contributed by atoms with Crippen molar-refractivity contribution in [2.75, 3.05) is 14.2 Å². The molecule has 0 aliphatic heterocycles. The van der Waals surface area contributed by atoms with E-state index < -0.39 is 0 Å². The molecule has 0 heterocycles. The van der Waals surface area contributed by atoms with Gasteiger partial charge in [-0.1, -0.05) is 25.1 Å². The summed E-state index contributed by atoms with van der Waals surface area (Å²) in [7, 11) is 3.94. The number of benzene rings is 1. The second-order valence-corrected chi connectivity index (χ2v) is 6.00. The van der Waals surface area contributed by atoms with Crippen molar-refractivity contribution >= 4 is 0 Å². The van der Waals surface area contributed by atoms with E-state index in [0.717, 1.165) is 18.1 Å². The fourth-order valence-electron chi connectivity index (χ4n) is 3.05. The fraction of sp³-hybridized carbons (Fsp3) is 0.647. The van der Waals surface area contributed by atoms with Crippen LogP contribution in [0.4, 0.5) is 0 Å². The molecule has 3 heteroatoms. The lowest BCUT2D eigenvalue weighted by Gasteiger charge is -2.37. The standard InChI is InChI=1S/C17H28N2O/c1-5-15(18)17(19(3)12(2)13-10-11-13)14-8-6-7-9-16(14)20-4/h6-9,12-13,15,17H,5,10-11,18H2,1-4H3. The summed E-state index contributed by atoms with van der Waals surface area (Å²) in [5.41, 5.74) is 7.64.